The second kappa shape index (κ2) is 4.25. The Morgan fingerprint density at radius 2 is 2.24 bits per heavy atom. The molecular formula is C13H24N2O2. The van der Waals surface area contributed by atoms with Crippen LogP contribution in [0.5, 0.6) is 0 Å². The van der Waals surface area contributed by atoms with Crippen molar-refractivity contribution in [2.45, 2.75) is 52.2 Å². The van der Waals surface area contributed by atoms with E-state index in [9.17, 15) is 9.90 Å². The molecule has 1 saturated heterocycles. The molecule has 3 unspecified atom stereocenters. The van der Waals surface area contributed by atoms with Crippen molar-refractivity contribution >= 4 is 5.91 Å². The van der Waals surface area contributed by atoms with Gasteiger partial charge in [0.2, 0.25) is 5.91 Å². The van der Waals surface area contributed by atoms with Crippen LogP contribution in [0.15, 0.2) is 0 Å². The summed E-state index contributed by atoms with van der Waals surface area (Å²) in [4.78, 5) is 12.4. The summed E-state index contributed by atoms with van der Waals surface area (Å²) in [5.41, 5.74) is -0.409. The molecule has 1 aliphatic carbocycles. The molecule has 2 aliphatic rings. The molecule has 4 nitrogen and oxygen atoms in total. The molecule has 0 aromatic heterocycles. The highest BCUT2D eigenvalue weighted by Gasteiger charge is 2.50. The van der Waals surface area contributed by atoms with Gasteiger partial charge < -0.3 is 15.7 Å². The average Bonchev–Trinajstić information content (AvgIpc) is 2.78. The maximum atomic E-state index is 12.4. The summed E-state index contributed by atoms with van der Waals surface area (Å²) >= 11 is 0. The summed E-state index contributed by atoms with van der Waals surface area (Å²) in [7, 11) is 0. The average molecular weight is 240 g/mol. The zero-order valence-corrected chi connectivity index (χ0v) is 11.0. The minimum absolute atomic E-state index is 0.119. The van der Waals surface area contributed by atoms with Gasteiger partial charge in [0.25, 0.3) is 0 Å². The van der Waals surface area contributed by atoms with Crippen LogP contribution in [-0.4, -0.2) is 36.2 Å². The fraction of sp³-hybridized carbons (Fsp3) is 0.923. The van der Waals surface area contributed by atoms with E-state index in [0.29, 0.717) is 6.42 Å². The quantitative estimate of drug-likeness (QED) is 0.679. The van der Waals surface area contributed by atoms with E-state index in [-0.39, 0.29) is 28.9 Å². The van der Waals surface area contributed by atoms with E-state index in [1.54, 1.807) is 0 Å². The van der Waals surface area contributed by atoms with Crippen LogP contribution in [0.3, 0.4) is 0 Å². The van der Waals surface area contributed by atoms with Gasteiger partial charge in [0, 0.05) is 18.0 Å². The van der Waals surface area contributed by atoms with Gasteiger partial charge in [0.05, 0.1) is 11.5 Å². The third-order valence-electron chi connectivity index (χ3n) is 4.92. The van der Waals surface area contributed by atoms with Crippen LogP contribution in [0.2, 0.25) is 0 Å². The van der Waals surface area contributed by atoms with E-state index in [2.05, 4.69) is 17.6 Å². The van der Waals surface area contributed by atoms with E-state index in [1.807, 2.05) is 13.8 Å². The van der Waals surface area contributed by atoms with Crippen molar-refractivity contribution in [3.63, 3.8) is 0 Å². The van der Waals surface area contributed by atoms with Crippen LogP contribution in [0.4, 0.5) is 0 Å². The SMILES string of the molecule is CCC1(C(=O)NC2CC(O)C2(C)C)CCNC1. The molecule has 17 heavy (non-hydrogen) atoms. The summed E-state index contributed by atoms with van der Waals surface area (Å²) in [6.07, 6.45) is 2.20. The van der Waals surface area contributed by atoms with Crippen LogP contribution in [0.25, 0.3) is 0 Å². The fourth-order valence-corrected chi connectivity index (χ4v) is 2.86. The van der Waals surface area contributed by atoms with Gasteiger partial charge in [0.15, 0.2) is 0 Å². The van der Waals surface area contributed by atoms with Crippen LogP contribution in [-0.2, 0) is 4.79 Å². The van der Waals surface area contributed by atoms with Gasteiger partial charge in [-0.15, -0.1) is 0 Å². The topological polar surface area (TPSA) is 61.4 Å². The molecule has 0 aromatic rings. The fourth-order valence-electron chi connectivity index (χ4n) is 2.86. The summed E-state index contributed by atoms with van der Waals surface area (Å²) < 4.78 is 0. The maximum Gasteiger partial charge on any atom is 0.227 e. The number of aliphatic hydroxyl groups excluding tert-OH is 1. The Morgan fingerprint density at radius 1 is 1.53 bits per heavy atom. The third kappa shape index (κ3) is 1.97. The van der Waals surface area contributed by atoms with Crippen LogP contribution in [0, 0.1) is 10.8 Å². The molecule has 3 N–H and O–H groups in total. The molecule has 1 amide bonds. The van der Waals surface area contributed by atoms with E-state index in [1.165, 1.54) is 0 Å². The molecule has 98 valence electrons. The lowest BCUT2D eigenvalue weighted by molar-refractivity contribution is -0.138. The zero-order valence-electron chi connectivity index (χ0n) is 11.0. The largest absolute Gasteiger partial charge is 0.392 e. The second-order valence-electron chi connectivity index (χ2n) is 6.16. The van der Waals surface area contributed by atoms with Gasteiger partial charge in [0.1, 0.15) is 0 Å². The molecule has 3 atom stereocenters. The lowest BCUT2D eigenvalue weighted by atomic mass is 9.64. The highest BCUT2D eigenvalue weighted by molar-refractivity contribution is 5.83. The summed E-state index contributed by atoms with van der Waals surface area (Å²) in [5.74, 6) is 0.162. The molecule has 1 saturated carbocycles. The lowest BCUT2D eigenvalue weighted by Gasteiger charge is -2.50. The number of hydrogen-bond acceptors (Lipinski definition) is 3. The summed E-state index contributed by atoms with van der Waals surface area (Å²) in [6.45, 7) is 7.81. The standard InChI is InChI=1S/C13H24N2O2/c1-4-13(5-6-14-8-13)11(17)15-9-7-10(16)12(9,2)3/h9-10,14,16H,4-8H2,1-3H3,(H,15,17). The van der Waals surface area contributed by atoms with Crippen molar-refractivity contribution in [1.29, 1.82) is 0 Å². The van der Waals surface area contributed by atoms with Gasteiger partial charge in [-0.1, -0.05) is 20.8 Å². The van der Waals surface area contributed by atoms with Crippen molar-refractivity contribution in [1.82, 2.24) is 10.6 Å². The van der Waals surface area contributed by atoms with E-state index in [0.717, 1.165) is 25.9 Å². The van der Waals surface area contributed by atoms with Crippen LogP contribution < -0.4 is 10.6 Å². The highest BCUT2D eigenvalue weighted by atomic mass is 16.3. The summed E-state index contributed by atoms with van der Waals surface area (Å²) in [5, 5.41) is 16.1. The third-order valence-corrected chi connectivity index (χ3v) is 4.92. The number of aliphatic hydroxyl groups is 1. The molecule has 1 heterocycles. The Hall–Kier alpha value is -0.610. The highest BCUT2D eigenvalue weighted by Crippen LogP contribution is 2.41. The van der Waals surface area contributed by atoms with Gasteiger partial charge in [-0.2, -0.15) is 0 Å². The van der Waals surface area contributed by atoms with Gasteiger partial charge in [-0.05, 0) is 25.8 Å². The summed E-state index contributed by atoms with van der Waals surface area (Å²) in [6, 6.07) is 0.119. The molecule has 2 fully saturated rings. The van der Waals surface area contributed by atoms with Gasteiger partial charge in [-0.25, -0.2) is 0 Å². The predicted molar refractivity (Wildman–Crippen MR) is 66.5 cm³/mol. The van der Waals surface area contributed by atoms with Crippen molar-refractivity contribution < 1.29 is 9.90 Å². The second-order valence-corrected chi connectivity index (χ2v) is 6.16. The number of hydrogen-bond donors (Lipinski definition) is 3. The monoisotopic (exact) mass is 240 g/mol. The number of nitrogens with one attached hydrogen (secondary N) is 2. The predicted octanol–water partition coefficient (Wildman–Crippen LogP) is 0.652. The first kappa shape index (κ1) is 12.8. The smallest absolute Gasteiger partial charge is 0.227 e. The van der Waals surface area contributed by atoms with Gasteiger partial charge in [-0.3, -0.25) is 4.79 Å². The molecule has 4 heteroatoms. The van der Waals surface area contributed by atoms with Crippen molar-refractivity contribution in [2.75, 3.05) is 13.1 Å². The van der Waals surface area contributed by atoms with E-state index in [4.69, 9.17) is 0 Å². The first-order valence-electron chi connectivity index (χ1n) is 6.62. The van der Waals surface area contributed by atoms with Crippen LogP contribution in [0.1, 0.15) is 40.0 Å². The Bertz CT molecular complexity index is 309. The Morgan fingerprint density at radius 3 is 2.65 bits per heavy atom. The zero-order chi connectivity index (χ0) is 12.7. The molecule has 0 bridgehead atoms. The minimum atomic E-state index is -0.285. The first-order valence-corrected chi connectivity index (χ1v) is 6.62. The molecule has 0 spiro atoms. The molecule has 2 rings (SSSR count). The van der Waals surface area contributed by atoms with Crippen molar-refractivity contribution in [3.8, 4) is 0 Å². The molecule has 0 radical (unpaired) electrons. The number of carbonyl (C=O) groups excluding carboxylic acids is 1. The molecule has 1 aliphatic heterocycles. The molecular weight excluding hydrogens is 216 g/mol. The first-order chi connectivity index (χ1) is 7.92. The van der Waals surface area contributed by atoms with Crippen molar-refractivity contribution in [2.24, 2.45) is 10.8 Å². The maximum absolute atomic E-state index is 12.4. The Balaban J connectivity index is 1.98. The van der Waals surface area contributed by atoms with E-state index < -0.39 is 0 Å². The van der Waals surface area contributed by atoms with Crippen molar-refractivity contribution in [3.05, 3.63) is 0 Å². The van der Waals surface area contributed by atoms with E-state index >= 15 is 0 Å². The normalized spacial score (nSPS) is 39.8. The minimum Gasteiger partial charge on any atom is -0.392 e. The lowest BCUT2D eigenvalue weighted by Crippen LogP contribution is -2.63. The number of amides is 1. The number of rotatable bonds is 3. The Kier molecular flexibility index (Phi) is 3.21. The van der Waals surface area contributed by atoms with Crippen LogP contribution >= 0.6 is 0 Å². The number of carbonyl (C=O) groups is 1. The van der Waals surface area contributed by atoms with Gasteiger partial charge >= 0.3 is 0 Å². The Labute approximate surface area is 103 Å². The molecule has 0 aromatic carbocycles.